The van der Waals surface area contributed by atoms with E-state index >= 15 is 0 Å². The van der Waals surface area contributed by atoms with E-state index in [9.17, 15) is 18.0 Å². The Labute approximate surface area is 180 Å². The molecule has 0 saturated carbocycles. The molecule has 3 heterocycles. The van der Waals surface area contributed by atoms with Crippen LogP contribution in [0.4, 0.5) is 13.2 Å². The number of rotatable bonds is 3. The first-order valence-corrected chi connectivity index (χ1v) is 9.80. The molecular formula is C22H16F3N5O2. The van der Waals surface area contributed by atoms with Gasteiger partial charge in [-0.05, 0) is 42.5 Å². The fourth-order valence-electron chi connectivity index (χ4n) is 3.79. The molecular weight excluding hydrogens is 423 g/mol. The predicted molar refractivity (Wildman–Crippen MR) is 107 cm³/mol. The summed E-state index contributed by atoms with van der Waals surface area (Å²) in [5.74, 6) is -2.42. The molecule has 1 aliphatic heterocycles. The summed E-state index contributed by atoms with van der Waals surface area (Å²) in [6.07, 6.45) is 0.521. The van der Waals surface area contributed by atoms with Gasteiger partial charge in [0.25, 0.3) is 11.8 Å². The Hall–Kier alpha value is -3.95. The van der Waals surface area contributed by atoms with Crippen molar-refractivity contribution in [2.75, 3.05) is 6.54 Å². The summed E-state index contributed by atoms with van der Waals surface area (Å²) in [6.45, 7) is 0.596. The number of amides is 1. The number of hydrogen-bond donors (Lipinski definition) is 0. The zero-order valence-electron chi connectivity index (χ0n) is 16.8. The maximum atomic E-state index is 13.6. The molecule has 0 aliphatic carbocycles. The molecule has 1 aliphatic rings. The van der Waals surface area contributed by atoms with E-state index in [1.807, 2.05) is 0 Å². The Morgan fingerprint density at radius 1 is 1.06 bits per heavy atom. The highest BCUT2D eigenvalue weighted by atomic mass is 19.2. The molecule has 10 heteroatoms. The zero-order chi connectivity index (χ0) is 22.4. The summed E-state index contributed by atoms with van der Waals surface area (Å²) in [7, 11) is 1.78. The third kappa shape index (κ3) is 3.43. The number of benzene rings is 2. The Bertz CT molecular complexity index is 1330. The Kier molecular flexibility index (Phi) is 4.76. The van der Waals surface area contributed by atoms with Gasteiger partial charge in [-0.2, -0.15) is 10.1 Å². The second kappa shape index (κ2) is 7.63. The van der Waals surface area contributed by atoms with Crippen molar-refractivity contribution in [1.82, 2.24) is 24.8 Å². The number of hydrogen-bond acceptors (Lipinski definition) is 5. The lowest BCUT2D eigenvalue weighted by molar-refractivity contribution is 0.0733. The second-order valence-corrected chi connectivity index (χ2v) is 7.43. The van der Waals surface area contributed by atoms with E-state index in [0.717, 1.165) is 23.4 Å². The van der Waals surface area contributed by atoms with E-state index in [1.54, 1.807) is 23.9 Å². The molecule has 0 bridgehead atoms. The maximum absolute atomic E-state index is 13.6. The van der Waals surface area contributed by atoms with Crippen LogP contribution in [0.3, 0.4) is 0 Å². The number of fused-ring (bicyclic) bond motifs is 1. The van der Waals surface area contributed by atoms with Crippen LogP contribution >= 0.6 is 0 Å². The Morgan fingerprint density at radius 2 is 1.84 bits per heavy atom. The average molecular weight is 439 g/mol. The summed E-state index contributed by atoms with van der Waals surface area (Å²) >= 11 is 0. The van der Waals surface area contributed by atoms with Gasteiger partial charge in [-0.3, -0.25) is 9.48 Å². The predicted octanol–water partition coefficient (Wildman–Crippen LogP) is 3.75. The molecule has 0 saturated heterocycles. The van der Waals surface area contributed by atoms with E-state index < -0.39 is 17.5 Å². The van der Waals surface area contributed by atoms with Gasteiger partial charge in [0.2, 0.25) is 5.82 Å². The maximum Gasteiger partial charge on any atom is 0.279 e. The fourth-order valence-corrected chi connectivity index (χ4v) is 3.79. The topological polar surface area (TPSA) is 77.1 Å². The number of halogens is 3. The number of aromatic nitrogens is 4. The van der Waals surface area contributed by atoms with Crippen LogP contribution in [-0.2, 0) is 20.0 Å². The van der Waals surface area contributed by atoms with Crippen molar-refractivity contribution in [2.45, 2.75) is 13.0 Å². The van der Waals surface area contributed by atoms with E-state index in [-0.39, 0.29) is 29.6 Å². The van der Waals surface area contributed by atoms with Crippen LogP contribution in [0.5, 0.6) is 0 Å². The van der Waals surface area contributed by atoms with Gasteiger partial charge in [-0.25, -0.2) is 13.2 Å². The van der Waals surface area contributed by atoms with Crippen LogP contribution in [0.1, 0.15) is 21.6 Å². The molecule has 0 radical (unpaired) electrons. The molecule has 0 unspecified atom stereocenters. The van der Waals surface area contributed by atoms with Crippen LogP contribution < -0.4 is 0 Å². The molecule has 7 nitrogen and oxygen atoms in total. The molecule has 162 valence electrons. The standard InChI is InChI=1S/C22H16F3N5O2/c1-29-18-8-9-30(22(31)13-4-7-16(24)17(25)10-13)11-15(18)19(27-29)21-26-20(28-32-21)12-2-5-14(23)6-3-12/h2-7,10H,8-9,11H2,1H3. The van der Waals surface area contributed by atoms with Gasteiger partial charge >= 0.3 is 0 Å². The zero-order valence-corrected chi connectivity index (χ0v) is 16.8. The summed E-state index contributed by atoms with van der Waals surface area (Å²) in [4.78, 5) is 18.8. The summed E-state index contributed by atoms with van der Waals surface area (Å²) in [6, 6.07) is 8.77. The van der Waals surface area contributed by atoms with Gasteiger partial charge in [-0.15, -0.1) is 0 Å². The molecule has 0 atom stereocenters. The number of carbonyl (C=O) groups excluding carboxylic acids is 1. The van der Waals surface area contributed by atoms with Crippen molar-refractivity contribution in [3.8, 4) is 23.0 Å². The number of nitrogens with zero attached hydrogens (tertiary/aromatic N) is 5. The van der Waals surface area contributed by atoms with E-state index in [4.69, 9.17) is 4.52 Å². The molecule has 4 aromatic rings. The molecule has 0 N–H and O–H groups in total. The lowest BCUT2D eigenvalue weighted by Gasteiger charge is -2.27. The van der Waals surface area contributed by atoms with E-state index in [1.165, 1.54) is 23.1 Å². The quantitative estimate of drug-likeness (QED) is 0.486. The molecule has 2 aromatic carbocycles. The Balaban J connectivity index is 1.45. The van der Waals surface area contributed by atoms with Crippen LogP contribution in [0.15, 0.2) is 47.0 Å². The van der Waals surface area contributed by atoms with Crippen molar-refractivity contribution in [3.63, 3.8) is 0 Å². The van der Waals surface area contributed by atoms with Gasteiger partial charge in [0.15, 0.2) is 17.3 Å². The van der Waals surface area contributed by atoms with Crippen molar-refractivity contribution in [1.29, 1.82) is 0 Å². The number of aryl methyl sites for hydroxylation is 1. The molecule has 0 fully saturated rings. The van der Waals surface area contributed by atoms with Crippen LogP contribution in [0.25, 0.3) is 23.0 Å². The summed E-state index contributed by atoms with van der Waals surface area (Å²) < 4.78 is 47.1. The minimum Gasteiger partial charge on any atom is -0.334 e. The van der Waals surface area contributed by atoms with E-state index in [2.05, 4.69) is 15.2 Å². The lowest BCUT2D eigenvalue weighted by atomic mass is 10.0. The van der Waals surface area contributed by atoms with Crippen molar-refractivity contribution in [3.05, 3.63) is 76.7 Å². The van der Waals surface area contributed by atoms with Gasteiger partial charge in [-0.1, -0.05) is 5.16 Å². The van der Waals surface area contributed by atoms with Crippen LogP contribution in [-0.4, -0.2) is 37.3 Å². The normalized spacial score (nSPS) is 13.3. The molecule has 5 rings (SSSR count). The van der Waals surface area contributed by atoms with Gasteiger partial charge in [0, 0.05) is 42.4 Å². The Morgan fingerprint density at radius 3 is 2.59 bits per heavy atom. The molecule has 1 amide bonds. The summed E-state index contributed by atoms with van der Waals surface area (Å²) in [5, 5.41) is 8.44. The minimum atomic E-state index is -1.07. The van der Waals surface area contributed by atoms with Crippen molar-refractivity contribution >= 4 is 5.91 Å². The molecule has 32 heavy (non-hydrogen) atoms. The molecule has 0 spiro atoms. The highest BCUT2D eigenvalue weighted by Gasteiger charge is 2.30. The van der Waals surface area contributed by atoms with Gasteiger partial charge in [0.1, 0.15) is 5.82 Å². The van der Waals surface area contributed by atoms with Crippen molar-refractivity contribution < 1.29 is 22.5 Å². The third-order valence-electron chi connectivity index (χ3n) is 5.43. The second-order valence-electron chi connectivity index (χ2n) is 7.43. The van der Waals surface area contributed by atoms with Crippen LogP contribution in [0.2, 0.25) is 0 Å². The first-order chi connectivity index (χ1) is 15.4. The SMILES string of the molecule is Cn1nc(-c2nc(-c3ccc(F)cc3)no2)c2c1CCN(C(=O)c1ccc(F)c(F)c1)C2. The monoisotopic (exact) mass is 439 g/mol. The highest BCUT2D eigenvalue weighted by molar-refractivity contribution is 5.94. The first-order valence-electron chi connectivity index (χ1n) is 9.80. The van der Waals surface area contributed by atoms with Gasteiger partial charge < -0.3 is 9.42 Å². The first kappa shape index (κ1) is 20.0. The lowest BCUT2D eigenvalue weighted by Crippen LogP contribution is -2.36. The minimum absolute atomic E-state index is 0.0641. The smallest absolute Gasteiger partial charge is 0.279 e. The third-order valence-corrected chi connectivity index (χ3v) is 5.43. The fraction of sp³-hybridized carbons (Fsp3) is 0.182. The highest BCUT2D eigenvalue weighted by Crippen LogP contribution is 2.31. The van der Waals surface area contributed by atoms with E-state index in [0.29, 0.717) is 24.2 Å². The summed E-state index contributed by atoms with van der Waals surface area (Å²) in [5.41, 5.74) is 2.74. The van der Waals surface area contributed by atoms with Crippen molar-refractivity contribution in [2.24, 2.45) is 7.05 Å². The van der Waals surface area contributed by atoms with Gasteiger partial charge in [0.05, 0.1) is 6.54 Å². The van der Waals surface area contributed by atoms with Crippen LogP contribution in [0, 0.1) is 17.5 Å². The molecule has 2 aromatic heterocycles. The largest absolute Gasteiger partial charge is 0.334 e. The average Bonchev–Trinajstić information content (AvgIpc) is 3.40. The number of carbonyl (C=O) groups is 1.